The molecular formula is C13H14FNO5. The minimum atomic E-state index is -1.18. The molecule has 0 aliphatic carbocycles. The van der Waals surface area contributed by atoms with Crippen LogP contribution in [-0.4, -0.2) is 52.3 Å². The Labute approximate surface area is 114 Å². The highest BCUT2D eigenvalue weighted by Gasteiger charge is 2.38. The van der Waals surface area contributed by atoms with Crippen molar-refractivity contribution >= 4 is 11.9 Å². The van der Waals surface area contributed by atoms with Crippen molar-refractivity contribution in [2.24, 2.45) is 0 Å². The SMILES string of the molecule is O=C(O)C1CC(O)CN1C(=O)COc1ccccc1F. The molecule has 0 spiro atoms. The van der Waals surface area contributed by atoms with Gasteiger partial charge in [-0.2, -0.15) is 0 Å². The lowest BCUT2D eigenvalue weighted by atomic mass is 10.2. The zero-order valence-corrected chi connectivity index (χ0v) is 10.5. The molecule has 1 amide bonds. The number of carbonyl (C=O) groups excluding carboxylic acids is 1. The van der Waals surface area contributed by atoms with Crippen LogP contribution in [0.15, 0.2) is 24.3 Å². The Bertz CT molecular complexity index is 521. The number of ether oxygens (including phenoxy) is 1. The topological polar surface area (TPSA) is 87.1 Å². The maximum atomic E-state index is 13.3. The second-order valence-corrected chi connectivity index (χ2v) is 4.51. The second-order valence-electron chi connectivity index (χ2n) is 4.51. The Morgan fingerprint density at radius 2 is 2.10 bits per heavy atom. The number of likely N-dealkylation sites (tertiary alicyclic amines) is 1. The first-order chi connectivity index (χ1) is 9.49. The van der Waals surface area contributed by atoms with Crippen LogP contribution in [0.25, 0.3) is 0 Å². The van der Waals surface area contributed by atoms with Crippen molar-refractivity contribution in [1.82, 2.24) is 4.90 Å². The van der Waals surface area contributed by atoms with E-state index in [0.29, 0.717) is 0 Å². The molecule has 6 nitrogen and oxygen atoms in total. The van der Waals surface area contributed by atoms with Gasteiger partial charge >= 0.3 is 5.97 Å². The van der Waals surface area contributed by atoms with E-state index in [1.165, 1.54) is 18.2 Å². The fourth-order valence-corrected chi connectivity index (χ4v) is 2.11. The molecule has 1 aromatic rings. The summed E-state index contributed by atoms with van der Waals surface area (Å²) in [7, 11) is 0. The highest BCUT2D eigenvalue weighted by atomic mass is 19.1. The molecule has 2 N–H and O–H groups in total. The Balaban J connectivity index is 1.98. The number of para-hydroxylation sites is 1. The molecule has 1 heterocycles. The lowest BCUT2D eigenvalue weighted by Crippen LogP contribution is -2.43. The van der Waals surface area contributed by atoms with Crippen molar-refractivity contribution in [3.05, 3.63) is 30.1 Å². The van der Waals surface area contributed by atoms with Gasteiger partial charge in [0.25, 0.3) is 5.91 Å². The summed E-state index contributed by atoms with van der Waals surface area (Å²) in [5.41, 5.74) is 0. The van der Waals surface area contributed by atoms with Gasteiger partial charge in [-0.1, -0.05) is 12.1 Å². The molecule has 108 valence electrons. The van der Waals surface area contributed by atoms with E-state index in [9.17, 15) is 19.1 Å². The van der Waals surface area contributed by atoms with Gasteiger partial charge in [0.05, 0.1) is 6.10 Å². The number of hydrogen-bond donors (Lipinski definition) is 2. The molecule has 1 saturated heterocycles. The third kappa shape index (κ3) is 3.05. The van der Waals surface area contributed by atoms with E-state index in [0.717, 1.165) is 4.90 Å². The number of hydrogen-bond acceptors (Lipinski definition) is 4. The average Bonchev–Trinajstić information content (AvgIpc) is 2.80. The maximum absolute atomic E-state index is 13.3. The van der Waals surface area contributed by atoms with Crippen molar-refractivity contribution in [2.45, 2.75) is 18.6 Å². The summed E-state index contributed by atoms with van der Waals surface area (Å²) in [4.78, 5) is 23.9. The zero-order valence-electron chi connectivity index (χ0n) is 10.5. The first kappa shape index (κ1) is 14.3. The van der Waals surface area contributed by atoms with Crippen LogP contribution in [0.2, 0.25) is 0 Å². The van der Waals surface area contributed by atoms with E-state index in [1.807, 2.05) is 0 Å². The van der Waals surface area contributed by atoms with E-state index in [4.69, 9.17) is 9.84 Å². The van der Waals surface area contributed by atoms with Crippen molar-refractivity contribution < 1.29 is 28.9 Å². The Hall–Kier alpha value is -2.15. The van der Waals surface area contributed by atoms with E-state index >= 15 is 0 Å². The van der Waals surface area contributed by atoms with Crippen LogP contribution >= 0.6 is 0 Å². The highest BCUT2D eigenvalue weighted by molar-refractivity contribution is 5.85. The van der Waals surface area contributed by atoms with E-state index in [1.54, 1.807) is 6.07 Å². The van der Waals surface area contributed by atoms with Gasteiger partial charge in [0.2, 0.25) is 0 Å². The number of halogens is 1. The summed E-state index contributed by atoms with van der Waals surface area (Å²) in [6.07, 6.45) is -0.880. The molecule has 0 saturated carbocycles. The molecule has 1 aromatic carbocycles. The molecule has 20 heavy (non-hydrogen) atoms. The van der Waals surface area contributed by atoms with Gasteiger partial charge in [-0.15, -0.1) is 0 Å². The van der Waals surface area contributed by atoms with Crippen LogP contribution in [0.1, 0.15) is 6.42 Å². The van der Waals surface area contributed by atoms with E-state index in [-0.39, 0.29) is 18.7 Å². The van der Waals surface area contributed by atoms with Gasteiger partial charge < -0.3 is 19.8 Å². The summed E-state index contributed by atoms with van der Waals surface area (Å²) < 4.78 is 18.3. The molecule has 1 aliphatic heterocycles. The third-order valence-corrected chi connectivity index (χ3v) is 3.07. The normalized spacial score (nSPS) is 21.8. The molecule has 0 radical (unpaired) electrons. The van der Waals surface area contributed by atoms with Gasteiger partial charge in [-0.25, -0.2) is 9.18 Å². The Kier molecular flexibility index (Phi) is 4.19. The van der Waals surface area contributed by atoms with Crippen LogP contribution in [0.5, 0.6) is 5.75 Å². The molecule has 2 rings (SSSR count). The Morgan fingerprint density at radius 1 is 1.40 bits per heavy atom. The van der Waals surface area contributed by atoms with Crippen LogP contribution in [0.3, 0.4) is 0 Å². The quantitative estimate of drug-likeness (QED) is 0.827. The molecule has 2 atom stereocenters. The van der Waals surface area contributed by atoms with Crippen LogP contribution in [0, 0.1) is 5.82 Å². The molecule has 7 heteroatoms. The van der Waals surface area contributed by atoms with Crippen LogP contribution < -0.4 is 4.74 Å². The number of amides is 1. The molecule has 2 unspecified atom stereocenters. The van der Waals surface area contributed by atoms with Gasteiger partial charge in [0, 0.05) is 13.0 Å². The predicted octanol–water partition coefficient (Wildman–Crippen LogP) is 0.251. The second kappa shape index (κ2) is 5.87. The number of rotatable bonds is 4. The highest BCUT2D eigenvalue weighted by Crippen LogP contribution is 2.20. The first-order valence-electron chi connectivity index (χ1n) is 6.06. The molecular weight excluding hydrogens is 269 g/mol. The number of benzene rings is 1. The lowest BCUT2D eigenvalue weighted by molar-refractivity contribution is -0.149. The summed E-state index contributed by atoms with van der Waals surface area (Å²) in [6.45, 7) is -0.534. The summed E-state index contributed by atoms with van der Waals surface area (Å²) in [5.74, 6) is -2.46. The average molecular weight is 283 g/mol. The lowest BCUT2D eigenvalue weighted by Gasteiger charge is -2.21. The number of aliphatic hydroxyl groups excluding tert-OH is 1. The smallest absolute Gasteiger partial charge is 0.326 e. The monoisotopic (exact) mass is 283 g/mol. The van der Waals surface area contributed by atoms with Gasteiger partial charge in [0.15, 0.2) is 18.2 Å². The molecule has 1 fully saturated rings. The Morgan fingerprint density at radius 3 is 2.75 bits per heavy atom. The van der Waals surface area contributed by atoms with Crippen LogP contribution in [-0.2, 0) is 9.59 Å². The molecule has 0 aromatic heterocycles. The predicted molar refractivity (Wildman–Crippen MR) is 65.7 cm³/mol. The fourth-order valence-electron chi connectivity index (χ4n) is 2.11. The molecule has 1 aliphatic rings. The maximum Gasteiger partial charge on any atom is 0.326 e. The first-order valence-corrected chi connectivity index (χ1v) is 6.06. The summed E-state index contributed by atoms with van der Waals surface area (Å²) in [6, 6.07) is 4.54. The van der Waals surface area contributed by atoms with Crippen molar-refractivity contribution in [3.63, 3.8) is 0 Å². The number of aliphatic hydroxyl groups is 1. The largest absolute Gasteiger partial charge is 0.481 e. The number of nitrogens with zero attached hydrogens (tertiary/aromatic N) is 1. The number of carboxylic acid groups (broad SMARTS) is 1. The minimum absolute atomic E-state index is 0.0131. The summed E-state index contributed by atoms with van der Waals surface area (Å²) in [5, 5.41) is 18.4. The standard InChI is InChI=1S/C13H14FNO5/c14-9-3-1-2-4-11(9)20-7-12(17)15-6-8(16)5-10(15)13(18)19/h1-4,8,10,16H,5-7H2,(H,18,19). The number of carbonyl (C=O) groups is 2. The van der Waals surface area contributed by atoms with Gasteiger partial charge in [-0.05, 0) is 12.1 Å². The third-order valence-electron chi connectivity index (χ3n) is 3.07. The summed E-state index contributed by atoms with van der Waals surface area (Å²) >= 11 is 0. The number of β-amino-alcohol motifs (C(OH)–C–C–N with tert-alkyl or cyclic N) is 1. The van der Waals surface area contributed by atoms with Gasteiger partial charge in [0.1, 0.15) is 6.04 Å². The van der Waals surface area contributed by atoms with Crippen molar-refractivity contribution in [1.29, 1.82) is 0 Å². The minimum Gasteiger partial charge on any atom is -0.481 e. The van der Waals surface area contributed by atoms with Crippen molar-refractivity contribution in [3.8, 4) is 5.75 Å². The van der Waals surface area contributed by atoms with E-state index < -0.39 is 36.4 Å². The van der Waals surface area contributed by atoms with Crippen molar-refractivity contribution in [2.75, 3.05) is 13.2 Å². The van der Waals surface area contributed by atoms with Gasteiger partial charge in [-0.3, -0.25) is 4.79 Å². The van der Waals surface area contributed by atoms with Crippen LogP contribution in [0.4, 0.5) is 4.39 Å². The van der Waals surface area contributed by atoms with E-state index in [2.05, 4.69) is 0 Å². The molecule has 0 bridgehead atoms. The number of aliphatic carboxylic acids is 1. The fraction of sp³-hybridized carbons (Fsp3) is 0.385. The zero-order chi connectivity index (χ0) is 14.7. The number of carboxylic acids is 1.